The maximum absolute atomic E-state index is 11.7. The van der Waals surface area contributed by atoms with Crippen LogP contribution in [0, 0.1) is 6.92 Å². The molecule has 1 aromatic heterocycles. The third kappa shape index (κ3) is 6.14. The fourth-order valence-corrected chi connectivity index (χ4v) is 1.65. The molecule has 1 aromatic rings. The van der Waals surface area contributed by atoms with Gasteiger partial charge in [0.25, 0.3) is 0 Å². The van der Waals surface area contributed by atoms with Crippen LogP contribution in [0.2, 0.25) is 0 Å². The summed E-state index contributed by atoms with van der Waals surface area (Å²) in [6.45, 7) is 7.21. The third-order valence-corrected chi connectivity index (χ3v) is 3.10. The summed E-state index contributed by atoms with van der Waals surface area (Å²) in [4.78, 5) is 27.4. The fraction of sp³-hybridized carbons (Fsp3) is 0.500. The standard InChI is InChI=1S/C14H19BrN2O3/c1-9-10(15)5-6-11(16-9)17-12(18)7-8-13(19)20-14(2,3)4/h5-6H,7-8H2,1-4H3,(H,16,17,18). The Morgan fingerprint density at radius 1 is 1.30 bits per heavy atom. The monoisotopic (exact) mass is 342 g/mol. The van der Waals surface area contributed by atoms with Gasteiger partial charge in [-0.25, -0.2) is 4.98 Å². The number of carbonyl (C=O) groups excluding carboxylic acids is 2. The predicted octanol–water partition coefficient (Wildman–Crippen LogP) is 3.21. The molecule has 1 rings (SSSR count). The van der Waals surface area contributed by atoms with Gasteiger partial charge in [-0.3, -0.25) is 9.59 Å². The van der Waals surface area contributed by atoms with Crippen molar-refractivity contribution in [2.75, 3.05) is 5.32 Å². The molecule has 110 valence electrons. The van der Waals surface area contributed by atoms with E-state index in [0.29, 0.717) is 5.82 Å². The second-order valence-corrected chi connectivity index (χ2v) is 6.25. The lowest BCUT2D eigenvalue weighted by Crippen LogP contribution is -2.24. The summed E-state index contributed by atoms with van der Waals surface area (Å²) in [5, 5.41) is 2.65. The molecule has 0 aliphatic heterocycles. The number of esters is 1. The van der Waals surface area contributed by atoms with Crippen LogP contribution in [0.25, 0.3) is 0 Å². The Hall–Kier alpha value is -1.43. The van der Waals surface area contributed by atoms with Gasteiger partial charge in [0.05, 0.1) is 12.1 Å². The van der Waals surface area contributed by atoms with Crippen LogP contribution in [0.5, 0.6) is 0 Å². The maximum atomic E-state index is 11.7. The number of carbonyl (C=O) groups is 2. The minimum absolute atomic E-state index is 0.0542. The van der Waals surface area contributed by atoms with Crippen LogP contribution in [0.1, 0.15) is 39.3 Å². The zero-order valence-corrected chi connectivity index (χ0v) is 13.7. The molecule has 0 saturated carbocycles. The first-order valence-electron chi connectivity index (χ1n) is 6.32. The summed E-state index contributed by atoms with van der Waals surface area (Å²) < 4.78 is 6.01. The number of hydrogen-bond donors (Lipinski definition) is 1. The van der Waals surface area contributed by atoms with Crippen LogP contribution >= 0.6 is 15.9 Å². The number of anilines is 1. The smallest absolute Gasteiger partial charge is 0.306 e. The van der Waals surface area contributed by atoms with E-state index in [0.717, 1.165) is 10.2 Å². The molecule has 0 aromatic carbocycles. The number of nitrogens with one attached hydrogen (secondary N) is 1. The lowest BCUT2D eigenvalue weighted by Gasteiger charge is -2.19. The molecule has 1 amide bonds. The zero-order valence-electron chi connectivity index (χ0n) is 12.1. The average Bonchev–Trinajstić information content (AvgIpc) is 2.29. The number of amides is 1. The molecule has 0 fully saturated rings. The number of aryl methyl sites for hydroxylation is 1. The minimum atomic E-state index is -0.530. The highest BCUT2D eigenvalue weighted by atomic mass is 79.9. The van der Waals surface area contributed by atoms with Crippen molar-refractivity contribution in [3.8, 4) is 0 Å². The van der Waals surface area contributed by atoms with E-state index in [9.17, 15) is 9.59 Å². The van der Waals surface area contributed by atoms with Gasteiger partial charge in [-0.15, -0.1) is 0 Å². The number of aromatic nitrogens is 1. The first-order valence-corrected chi connectivity index (χ1v) is 7.11. The summed E-state index contributed by atoms with van der Waals surface area (Å²) in [6.07, 6.45) is 0.129. The molecular formula is C14H19BrN2O3. The van der Waals surface area contributed by atoms with E-state index in [1.165, 1.54) is 0 Å². The van der Waals surface area contributed by atoms with E-state index in [4.69, 9.17) is 4.74 Å². The maximum Gasteiger partial charge on any atom is 0.306 e. The molecule has 0 aliphatic carbocycles. The van der Waals surface area contributed by atoms with Crippen LogP contribution in [0.15, 0.2) is 16.6 Å². The normalized spacial score (nSPS) is 11.1. The van der Waals surface area contributed by atoms with Crippen molar-refractivity contribution in [3.63, 3.8) is 0 Å². The summed E-state index contributed by atoms with van der Waals surface area (Å²) in [5.74, 6) is -0.169. The molecule has 0 spiro atoms. The van der Waals surface area contributed by atoms with Crippen molar-refractivity contribution in [1.82, 2.24) is 4.98 Å². The molecule has 0 aliphatic rings. The van der Waals surface area contributed by atoms with Gasteiger partial charge < -0.3 is 10.1 Å². The van der Waals surface area contributed by atoms with Gasteiger partial charge in [-0.2, -0.15) is 0 Å². The molecule has 1 heterocycles. The Labute approximate surface area is 127 Å². The van der Waals surface area contributed by atoms with Crippen LogP contribution in [0.4, 0.5) is 5.82 Å². The van der Waals surface area contributed by atoms with Crippen molar-refractivity contribution in [3.05, 3.63) is 22.3 Å². The fourth-order valence-electron chi connectivity index (χ4n) is 1.43. The summed E-state index contributed by atoms with van der Waals surface area (Å²) >= 11 is 3.34. The predicted molar refractivity (Wildman–Crippen MR) is 80.4 cm³/mol. The van der Waals surface area contributed by atoms with Crippen LogP contribution in [0.3, 0.4) is 0 Å². The second-order valence-electron chi connectivity index (χ2n) is 5.40. The first-order chi connectivity index (χ1) is 9.17. The molecule has 5 nitrogen and oxygen atoms in total. The quantitative estimate of drug-likeness (QED) is 0.853. The molecule has 1 N–H and O–H groups in total. The highest BCUT2D eigenvalue weighted by Gasteiger charge is 2.17. The van der Waals surface area contributed by atoms with E-state index in [1.54, 1.807) is 26.8 Å². The van der Waals surface area contributed by atoms with E-state index < -0.39 is 5.60 Å². The van der Waals surface area contributed by atoms with Gasteiger partial charge in [-0.05, 0) is 55.8 Å². The Bertz CT molecular complexity index is 510. The lowest BCUT2D eigenvalue weighted by molar-refractivity contribution is -0.155. The third-order valence-electron chi connectivity index (χ3n) is 2.27. The minimum Gasteiger partial charge on any atom is -0.460 e. The SMILES string of the molecule is Cc1nc(NC(=O)CCC(=O)OC(C)(C)C)ccc1Br. The summed E-state index contributed by atoms with van der Waals surface area (Å²) in [7, 11) is 0. The average molecular weight is 343 g/mol. The van der Waals surface area contributed by atoms with E-state index in [-0.39, 0.29) is 24.7 Å². The number of ether oxygens (including phenoxy) is 1. The van der Waals surface area contributed by atoms with Gasteiger partial charge in [0.2, 0.25) is 5.91 Å². The summed E-state index contributed by atoms with van der Waals surface area (Å²) in [5.41, 5.74) is 0.257. The molecule has 0 atom stereocenters. The van der Waals surface area contributed by atoms with Crippen molar-refractivity contribution in [2.24, 2.45) is 0 Å². The molecule has 6 heteroatoms. The lowest BCUT2D eigenvalue weighted by atomic mass is 10.2. The second kappa shape index (κ2) is 6.83. The van der Waals surface area contributed by atoms with Crippen molar-refractivity contribution in [2.45, 2.75) is 46.1 Å². The van der Waals surface area contributed by atoms with Gasteiger partial charge >= 0.3 is 5.97 Å². The van der Waals surface area contributed by atoms with E-state index in [2.05, 4.69) is 26.2 Å². The highest BCUT2D eigenvalue weighted by Crippen LogP contribution is 2.16. The first kappa shape index (κ1) is 16.6. The number of pyridine rings is 1. The van der Waals surface area contributed by atoms with E-state index >= 15 is 0 Å². The Morgan fingerprint density at radius 3 is 2.50 bits per heavy atom. The molecule has 20 heavy (non-hydrogen) atoms. The van der Waals surface area contributed by atoms with Gasteiger partial charge in [0.1, 0.15) is 11.4 Å². The number of nitrogens with zero attached hydrogens (tertiary/aromatic N) is 1. The van der Waals surface area contributed by atoms with Gasteiger partial charge in [0, 0.05) is 10.9 Å². The van der Waals surface area contributed by atoms with Gasteiger partial charge in [0.15, 0.2) is 0 Å². The van der Waals surface area contributed by atoms with Crippen LogP contribution < -0.4 is 5.32 Å². The van der Waals surface area contributed by atoms with Crippen LogP contribution in [-0.2, 0) is 14.3 Å². The van der Waals surface area contributed by atoms with Crippen molar-refractivity contribution < 1.29 is 14.3 Å². The van der Waals surface area contributed by atoms with E-state index in [1.807, 2.05) is 13.0 Å². The molecule has 0 bridgehead atoms. The molecular weight excluding hydrogens is 324 g/mol. The van der Waals surface area contributed by atoms with Gasteiger partial charge in [-0.1, -0.05) is 0 Å². The molecule has 0 saturated heterocycles. The summed E-state index contributed by atoms with van der Waals surface area (Å²) in [6, 6.07) is 3.51. The van der Waals surface area contributed by atoms with Crippen LogP contribution in [-0.4, -0.2) is 22.5 Å². The number of halogens is 1. The topological polar surface area (TPSA) is 68.3 Å². The van der Waals surface area contributed by atoms with Crippen molar-refractivity contribution >= 4 is 33.6 Å². The Balaban J connectivity index is 2.44. The number of rotatable bonds is 4. The zero-order chi connectivity index (χ0) is 15.3. The molecule has 0 radical (unpaired) electrons. The highest BCUT2D eigenvalue weighted by molar-refractivity contribution is 9.10. The Morgan fingerprint density at radius 2 is 1.95 bits per heavy atom. The Kier molecular flexibility index (Phi) is 5.68. The molecule has 0 unspecified atom stereocenters. The largest absolute Gasteiger partial charge is 0.460 e. The number of hydrogen-bond acceptors (Lipinski definition) is 4. The van der Waals surface area contributed by atoms with Crippen molar-refractivity contribution in [1.29, 1.82) is 0 Å².